The minimum absolute atomic E-state index is 0.222. The Hall–Kier alpha value is -0.610. The molecule has 1 aliphatic carbocycles. The summed E-state index contributed by atoms with van der Waals surface area (Å²) in [6.07, 6.45) is 7.39. The summed E-state index contributed by atoms with van der Waals surface area (Å²) in [5.41, 5.74) is 5.89. The maximum absolute atomic E-state index is 12.3. The zero-order chi connectivity index (χ0) is 13.7. The molecule has 0 aromatic rings. The van der Waals surface area contributed by atoms with E-state index in [0.717, 1.165) is 70.6 Å². The van der Waals surface area contributed by atoms with Crippen LogP contribution >= 0.6 is 0 Å². The van der Waals surface area contributed by atoms with Gasteiger partial charge in [0.2, 0.25) is 5.91 Å². The molecule has 19 heavy (non-hydrogen) atoms. The molecular weight excluding hydrogens is 240 g/mol. The lowest BCUT2D eigenvalue weighted by Gasteiger charge is -2.30. The van der Waals surface area contributed by atoms with E-state index in [1.807, 2.05) is 11.9 Å². The Bertz CT molecular complexity index is 282. The molecule has 0 aromatic heterocycles. The average molecular weight is 268 g/mol. The van der Waals surface area contributed by atoms with Crippen LogP contribution < -0.4 is 5.73 Å². The maximum atomic E-state index is 12.3. The molecule has 1 saturated carbocycles. The highest BCUT2D eigenvalue weighted by Gasteiger charge is 2.27. The highest BCUT2D eigenvalue weighted by molar-refractivity contribution is 5.78. The van der Waals surface area contributed by atoms with Gasteiger partial charge in [0.05, 0.1) is 0 Å². The van der Waals surface area contributed by atoms with Gasteiger partial charge in [0.25, 0.3) is 0 Å². The molecule has 0 aromatic carbocycles. The Kier molecular flexibility index (Phi) is 5.64. The molecule has 4 heteroatoms. The highest BCUT2D eigenvalue weighted by Crippen LogP contribution is 2.25. The second-order valence-corrected chi connectivity index (χ2v) is 6.22. The minimum Gasteiger partial charge on any atom is -0.381 e. The highest BCUT2D eigenvalue weighted by atomic mass is 16.5. The molecule has 0 bridgehead atoms. The second-order valence-electron chi connectivity index (χ2n) is 6.22. The van der Waals surface area contributed by atoms with Gasteiger partial charge in [-0.1, -0.05) is 0 Å². The lowest BCUT2D eigenvalue weighted by atomic mass is 9.85. The fraction of sp³-hybridized carbons (Fsp3) is 0.933. The summed E-state index contributed by atoms with van der Waals surface area (Å²) in [5.74, 6) is 1.29. The van der Waals surface area contributed by atoms with Crippen molar-refractivity contribution in [3.05, 3.63) is 0 Å². The third-order valence-electron chi connectivity index (χ3n) is 4.71. The SMILES string of the molecule is CN(CCC1CCOCC1)C(=O)C1CCC(N)CC1. The lowest BCUT2D eigenvalue weighted by molar-refractivity contribution is -0.135. The first-order chi connectivity index (χ1) is 9.16. The first-order valence-electron chi connectivity index (χ1n) is 7.75. The van der Waals surface area contributed by atoms with Crippen LogP contribution in [0.3, 0.4) is 0 Å². The van der Waals surface area contributed by atoms with E-state index in [-0.39, 0.29) is 5.92 Å². The summed E-state index contributed by atoms with van der Waals surface area (Å²) in [4.78, 5) is 14.3. The molecule has 1 heterocycles. The van der Waals surface area contributed by atoms with Crippen LogP contribution in [0.4, 0.5) is 0 Å². The monoisotopic (exact) mass is 268 g/mol. The van der Waals surface area contributed by atoms with E-state index < -0.39 is 0 Å². The van der Waals surface area contributed by atoms with Crippen LogP contribution in [0.25, 0.3) is 0 Å². The van der Waals surface area contributed by atoms with Gasteiger partial charge >= 0.3 is 0 Å². The van der Waals surface area contributed by atoms with Gasteiger partial charge in [-0.2, -0.15) is 0 Å². The van der Waals surface area contributed by atoms with Gasteiger partial charge in [0.1, 0.15) is 0 Å². The van der Waals surface area contributed by atoms with E-state index in [2.05, 4.69) is 0 Å². The zero-order valence-corrected chi connectivity index (χ0v) is 12.1. The predicted octanol–water partition coefficient (Wildman–Crippen LogP) is 1.78. The maximum Gasteiger partial charge on any atom is 0.225 e. The molecule has 2 rings (SSSR count). The summed E-state index contributed by atoms with van der Waals surface area (Å²) in [6.45, 7) is 2.68. The second kappa shape index (κ2) is 7.25. The Balaban J connectivity index is 1.69. The Morgan fingerprint density at radius 1 is 1.16 bits per heavy atom. The number of nitrogens with two attached hydrogens (primary N) is 1. The number of carbonyl (C=O) groups excluding carboxylic acids is 1. The van der Waals surface area contributed by atoms with Crippen molar-refractivity contribution < 1.29 is 9.53 Å². The van der Waals surface area contributed by atoms with Crippen LogP contribution in [-0.2, 0) is 9.53 Å². The van der Waals surface area contributed by atoms with Crippen molar-refractivity contribution in [2.45, 2.75) is 51.0 Å². The summed E-state index contributed by atoms with van der Waals surface area (Å²) in [6, 6.07) is 0.316. The molecule has 0 spiro atoms. The van der Waals surface area contributed by atoms with E-state index in [1.165, 1.54) is 0 Å². The van der Waals surface area contributed by atoms with Gasteiger partial charge in [-0.3, -0.25) is 4.79 Å². The van der Waals surface area contributed by atoms with Crippen molar-refractivity contribution in [2.24, 2.45) is 17.6 Å². The smallest absolute Gasteiger partial charge is 0.225 e. The van der Waals surface area contributed by atoms with E-state index in [0.29, 0.717) is 11.9 Å². The minimum atomic E-state index is 0.222. The van der Waals surface area contributed by atoms with Gasteiger partial charge in [-0.05, 0) is 50.9 Å². The number of hydrogen-bond acceptors (Lipinski definition) is 3. The number of hydrogen-bond donors (Lipinski definition) is 1. The Labute approximate surface area is 116 Å². The fourth-order valence-corrected chi connectivity index (χ4v) is 3.20. The summed E-state index contributed by atoms with van der Waals surface area (Å²) in [5, 5.41) is 0. The molecule has 1 aliphatic heterocycles. The third kappa shape index (κ3) is 4.46. The normalized spacial score (nSPS) is 29.2. The summed E-state index contributed by atoms with van der Waals surface area (Å²) < 4.78 is 5.37. The van der Waals surface area contributed by atoms with Crippen molar-refractivity contribution in [2.75, 3.05) is 26.8 Å². The molecule has 2 fully saturated rings. The van der Waals surface area contributed by atoms with Crippen LogP contribution in [0.2, 0.25) is 0 Å². The molecular formula is C15H28N2O2. The molecule has 0 unspecified atom stereocenters. The van der Waals surface area contributed by atoms with Gasteiger partial charge in [-0.15, -0.1) is 0 Å². The number of amides is 1. The molecule has 2 N–H and O–H groups in total. The largest absolute Gasteiger partial charge is 0.381 e. The number of carbonyl (C=O) groups is 1. The topological polar surface area (TPSA) is 55.6 Å². The number of nitrogens with zero attached hydrogens (tertiary/aromatic N) is 1. The van der Waals surface area contributed by atoms with Crippen LogP contribution in [0, 0.1) is 11.8 Å². The van der Waals surface area contributed by atoms with Gasteiger partial charge < -0.3 is 15.4 Å². The van der Waals surface area contributed by atoms with E-state index in [4.69, 9.17) is 10.5 Å². The van der Waals surface area contributed by atoms with Crippen LogP contribution in [0.5, 0.6) is 0 Å². The van der Waals surface area contributed by atoms with Crippen LogP contribution in [0.15, 0.2) is 0 Å². The van der Waals surface area contributed by atoms with E-state index in [9.17, 15) is 4.79 Å². The molecule has 0 radical (unpaired) electrons. The summed E-state index contributed by atoms with van der Waals surface area (Å²) in [7, 11) is 1.95. The number of rotatable bonds is 4. The van der Waals surface area contributed by atoms with Crippen molar-refractivity contribution in [3.8, 4) is 0 Å². The average Bonchev–Trinajstić information content (AvgIpc) is 2.46. The lowest BCUT2D eigenvalue weighted by Crippen LogP contribution is -2.38. The van der Waals surface area contributed by atoms with E-state index in [1.54, 1.807) is 0 Å². The first kappa shape index (κ1) is 14.8. The molecule has 110 valence electrons. The Morgan fingerprint density at radius 2 is 1.79 bits per heavy atom. The van der Waals surface area contributed by atoms with Crippen molar-refractivity contribution >= 4 is 5.91 Å². The van der Waals surface area contributed by atoms with Gasteiger partial charge in [0, 0.05) is 38.8 Å². The third-order valence-corrected chi connectivity index (χ3v) is 4.71. The summed E-state index contributed by atoms with van der Waals surface area (Å²) >= 11 is 0. The standard InChI is InChI=1S/C15H28N2O2/c1-17(9-6-12-7-10-19-11-8-12)15(18)13-2-4-14(16)5-3-13/h12-14H,2-11,16H2,1H3. The quantitative estimate of drug-likeness (QED) is 0.845. The molecule has 4 nitrogen and oxygen atoms in total. The van der Waals surface area contributed by atoms with Crippen molar-refractivity contribution in [3.63, 3.8) is 0 Å². The molecule has 1 amide bonds. The van der Waals surface area contributed by atoms with Crippen LogP contribution in [0.1, 0.15) is 44.9 Å². The molecule has 2 aliphatic rings. The Morgan fingerprint density at radius 3 is 2.42 bits per heavy atom. The fourth-order valence-electron chi connectivity index (χ4n) is 3.20. The number of ether oxygens (including phenoxy) is 1. The molecule has 1 saturated heterocycles. The van der Waals surface area contributed by atoms with E-state index >= 15 is 0 Å². The van der Waals surface area contributed by atoms with Gasteiger partial charge in [-0.25, -0.2) is 0 Å². The van der Waals surface area contributed by atoms with Gasteiger partial charge in [0.15, 0.2) is 0 Å². The predicted molar refractivity (Wildman–Crippen MR) is 75.7 cm³/mol. The van der Waals surface area contributed by atoms with Crippen molar-refractivity contribution in [1.82, 2.24) is 4.90 Å². The van der Waals surface area contributed by atoms with Crippen molar-refractivity contribution in [1.29, 1.82) is 0 Å². The van der Waals surface area contributed by atoms with Crippen LogP contribution in [-0.4, -0.2) is 43.7 Å². The first-order valence-corrected chi connectivity index (χ1v) is 7.75. The molecule has 0 atom stereocenters. The zero-order valence-electron chi connectivity index (χ0n) is 12.1.